The molecule has 0 aliphatic rings. The lowest BCUT2D eigenvalue weighted by Crippen LogP contribution is -2.39. The summed E-state index contributed by atoms with van der Waals surface area (Å²) in [5, 5.41) is 9.74. The quantitative estimate of drug-likeness (QED) is 0.590. The van der Waals surface area contributed by atoms with Crippen LogP contribution in [0.1, 0.15) is 0 Å². The summed E-state index contributed by atoms with van der Waals surface area (Å²) in [5.41, 5.74) is 0. The molecule has 0 bridgehead atoms. The third kappa shape index (κ3) is 10.7. The van der Waals surface area contributed by atoms with Crippen molar-refractivity contribution in [1.29, 1.82) is 0 Å². The summed E-state index contributed by atoms with van der Waals surface area (Å²) in [7, 11) is 12.0. The van der Waals surface area contributed by atoms with Gasteiger partial charge in [0.15, 0.2) is 0 Å². The zero-order valence-corrected chi connectivity index (χ0v) is 12.2. The lowest BCUT2D eigenvalue weighted by Gasteiger charge is -2.26. The molecule has 0 aliphatic carbocycles. The Balaban J connectivity index is 3.97. The molecular weight excluding hydrogens is 218 g/mol. The summed E-state index contributed by atoms with van der Waals surface area (Å²) < 4.78 is 5.77. The lowest BCUT2D eigenvalue weighted by atomic mass is 10.3. The van der Waals surface area contributed by atoms with Crippen molar-refractivity contribution in [2.45, 2.75) is 12.2 Å². The third-order valence-corrected chi connectivity index (χ3v) is 2.24. The normalized spacial score (nSPS) is 14.3. The number of aliphatic hydroxyl groups is 1. The van der Waals surface area contributed by atoms with E-state index in [2.05, 4.69) is 9.80 Å². The van der Waals surface area contributed by atoms with Gasteiger partial charge in [0.25, 0.3) is 0 Å². The van der Waals surface area contributed by atoms with E-state index in [0.29, 0.717) is 13.2 Å². The first-order valence-electron chi connectivity index (χ1n) is 6.05. The van der Waals surface area contributed by atoms with Crippen molar-refractivity contribution in [1.82, 2.24) is 14.7 Å². The number of hydrogen-bond donors (Lipinski definition) is 1. The van der Waals surface area contributed by atoms with E-state index in [9.17, 15) is 5.11 Å². The van der Waals surface area contributed by atoms with Crippen LogP contribution in [-0.4, -0.2) is 101 Å². The van der Waals surface area contributed by atoms with Gasteiger partial charge < -0.3 is 24.5 Å². The molecule has 5 nitrogen and oxygen atoms in total. The van der Waals surface area contributed by atoms with Crippen LogP contribution < -0.4 is 0 Å². The van der Waals surface area contributed by atoms with Crippen LogP contribution in [0.5, 0.6) is 0 Å². The highest BCUT2D eigenvalue weighted by atomic mass is 16.5. The predicted octanol–water partition coefficient (Wildman–Crippen LogP) is -0.583. The molecule has 0 aromatic carbocycles. The van der Waals surface area contributed by atoms with Crippen molar-refractivity contribution < 1.29 is 9.84 Å². The molecule has 0 aromatic rings. The van der Waals surface area contributed by atoms with E-state index in [0.717, 1.165) is 13.1 Å². The molecule has 1 unspecified atom stereocenters. The average Bonchev–Trinajstić information content (AvgIpc) is 2.11. The maximum absolute atomic E-state index is 9.74. The van der Waals surface area contributed by atoms with Crippen LogP contribution in [0.3, 0.4) is 0 Å². The van der Waals surface area contributed by atoms with Crippen molar-refractivity contribution >= 4 is 0 Å². The summed E-state index contributed by atoms with van der Waals surface area (Å²) in [6, 6.07) is 0. The van der Waals surface area contributed by atoms with Gasteiger partial charge in [-0.2, -0.15) is 0 Å². The molecule has 1 atom stereocenters. The molecule has 0 rings (SSSR count). The molecule has 0 amide bonds. The molecular formula is C12H29N3O2. The van der Waals surface area contributed by atoms with Gasteiger partial charge in [-0.1, -0.05) is 0 Å². The largest absolute Gasteiger partial charge is 0.389 e. The number of likely N-dealkylation sites (N-methyl/N-ethyl adjacent to an activating group) is 3. The molecule has 0 spiro atoms. The Kier molecular flexibility index (Phi) is 8.72. The molecule has 0 radical (unpaired) electrons. The maximum Gasteiger partial charge on any atom is 0.0900 e. The molecule has 0 aromatic heterocycles. The molecule has 0 heterocycles. The van der Waals surface area contributed by atoms with Gasteiger partial charge >= 0.3 is 0 Å². The summed E-state index contributed by atoms with van der Waals surface area (Å²) in [6.07, 6.45) is -0.284. The van der Waals surface area contributed by atoms with Crippen molar-refractivity contribution in [3.63, 3.8) is 0 Å². The van der Waals surface area contributed by atoms with Crippen molar-refractivity contribution in [2.24, 2.45) is 0 Å². The van der Waals surface area contributed by atoms with Gasteiger partial charge in [-0.3, -0.25) is 0 Å². The highest BCUT2D eigenvalue weighted by Gasteiger charge is 2.14. The van der Waals surface area contributed by atoms with Gasteiger partial charge in [-0.25, -0.2) is 0 Å². The highest BCUT2D eigenvalue weighted by Crippen LogP contribution is 1.99. The number of rotatable bonds is 9. The van der Waals surface area contributed by atoms with Crippen molar-refractivity contribution in [3.05, 3.63) is 0 Å². The van der Waals surface area contributed by atoms with Crippen LogP contribution in [0, 0.1) is 0 Å². The molecule has 104 valence electrons. The Labute approximate surface area is 106 Å². The van der Waals surface area contributed by atoms with Gasteiger partial charge in [0.2, 0.25) is 0 Å². The van der Waals surface area contributed by atoms with E-state index in [1.807, 2.05) is 47.2 Å². The molecule has 0 saturated heterocycles. The summed E-state index contributed by atoms with van der Waals surface area (Å²) >= 11 is 0. The lowest BCUT2D eigenvalue weighted by molar-refractivity contribution is -0.0326. The fourth-order valence-electron chi connectivity index (χ4n) is 1.70. The van der Waals surface area contributed by atoms with Crippen molar-refractivity contribution in [3.8, 4) is 0 Å². The van der Waals surface area contributed by atoms with Crippen LogP contribution in [0.4, 0.5) is 0 Å². The van der Waals surface area contributed by atoms with E-state index in [-0.39, 0.29) is 6.10 Å². The first-order valence-corrected chi connectivity index (χ1v) is 6.05. The van der Waals surface area contributed by atoms with E-state index in [4.69, 9.17) is 4.74 Å². The summed E-state index contributed by atoms with van der Waals surface area (Å²) in [5.74, 6) is 0. The second-order valence-electron chi connectivity index (χ2n) is 5.40. The van der Waals surface area contributed by atoms with Gasteiger partial charge in [-0.15, -0.1) is 0 Å². The second-order valence-corrected chi connectivity index (χ2v) is 5.40. The topological polar surface area (TPSA) is 39.2 Å². The molecule has 17 heavy (non-hydrogen) atoms. The number of nitrogens with zero attached hydrogens (tertiary/aromatic N) is 3. The predicted molar refractivity (Wildman–Crippen MR) is 71.4 cm³/mol. The first-order chi connectivity index (χ1) is 7.81. The van der Waals surface area contributed by atoms with E-state index < -0.39 is 6.10 Å². The summed E-state index contributed by atoms with van der Waals surface area (Å²) in [4.78, 5) is 6.17. The Morgan fingerprint density at radius 3 is 1.59 bits per heavy atom. The molecule has 1 N–H and O–H groups in total. The Morgan fingerprint density at radius 2 is 1.24 bits per heavy atom. The Hall–Kier alpha value is -0.200. The highest BCUT2D eigenvalue weighted by molar-refractivity contribution is 4.67. The third-order valence-electron chi connectivity index (χ3n) is 2.24. The monoisotopic (exact) mass is 247 g/mol. The minimum Gasteiger partial charge on any atom is -0.389 e. The smallest absolute Gasteiger partial charge is 0.0900 e. The zero-order chi connectivity index (χ0) is 13.4. The number of hydrogen-bond acceptors (Lipinski definition) is 5. The van der Waals surface area contributed by atoms with Gasteiger partial charge in [0.05, 0.1) is 18.8 Å². The van der Waals surface area contributed by atoms with Gasteiger partial charge in [0, 0.05) is 19.6 Å². The molecule has 0 aliphatic heterocycles. The SMILES string of the molecule is CN(C)CC(O)COC(CN(C)C)CN(C)C. The Bertz CT molecular complexity index is 177. The van der Waals surface area contributed by atoms with E-state index >= 15 is 0 Å². The Morgan fingerprint density at radius 1 is 0.824 bits per heavy atom. The molecule has 0 saturated carbocycles. The fourth-order valence-corrected chi connectivity index (χ4v) is 1.70. The maximum atomic E-state index is 9.74. The number of aliphatic hydroxyl groups excluding tert-OH is 1. The average molecular weight is 247 g/mol. The first kappa shape index (κ1) is 16.8. The van der Waals surface area contributed by atoms with E-state index in [1.165, 1.54) is 0 Å². The van der Waals surface area contributed by atoms with E-state index in [1.54, 1.807) is 0 Å². The second kappa shape index (κ2) is 8.83. The molecule has 5 heteroatoms. The van der Waals surface area contributed by atoms with Crippen LogP contribution in [0.25, 0.3) is 0 Å². The zero-order valence-electron chi connectivity index (χ0n) is 12.2. The van der Waals surface area contributed by atoms with Gasteiger partial charge in [0.1, 0.15) is 0 Å². The summed E-state index contributed by atoms with van der Waals surface area (Å²) in [6.45, 7) is 2.76. The van der Waals surface area contributed by atoms with Crippen LogP contribution >= 0.6 is 0 Å². The van der Waals surface area contributed by atoms with Crippen LogP contribution in [0.2, 0.25) is 0 Å². The number of ether oxygens (including phenoxy) is 1. The van der Waals surface area contributed by atoms with Gasteiger partial charge in [-0.05, 0) is 42.3 Å². The fraction of sp³-hybridized carbons (Fsp3) is 1.00. The van der Waals surface area contributed by atoms with Crippen LogP contribution in [0.15, 0.2) is 0 Å². The minimum absolute atomic E-state index is 0.136. The molecule has 0 fully saturated rings. The standard InChI is InChI=1S/C12H29N3O2/c1-13(2)7-11(16)10-17-12(8-14(3)4)9-15(5)6/h11-12,16H,7-10H2,1-6H3. The van der Waals surface area contributed by atoms with Crippen molar-refractivity contribution in [2.75, 3.05) is 68.5 Å². The van der Waals surface area contributed by atoms with Crippen LogP contribution in [-0.2, 0) is 4.74 Å². The minimum atomic E-state index is -0.420.